The molecule has 0 radical (unpaired) electrons. The molecule has 7 heteroatoms. The molecule has 0 aliphatic rings. The van der Waals surface area contributed by atoms with Gasteiger partial charge in [0, 0.05) is 24.8 Å². The molecule has 0 saturated heterocycles. The summed E-state index contributed by atoms with van der Waals surface area (Å²) in [5, 5.41) is 14.6. The molecule has 6 nitrogen and oxygen atoms in total. The number of hydrogen-bond acceptors (Lipinski definition) is 5. The lowest BCUT2D eigenvalue weighted by molar-refractivity contribution is -0.142. The Labute approximate surface area is 163 Å². The normalized spacial score (nSPS) is 12.6. The van der Waals surface area contributed by atoms with Gasteiger partial charge < -0.3 is 15.2 Å². The van der Waals surface area contributed by atoms with E-state index in [1.165, 1.54) is 11.3 Å². The second-order valence-corrected chi connectivity index (χ2v) is 8.22. The van der Waals surface area contributed by atoms with Crippen LogP contribution in [0.3, 0.4) is 0 Å². The van der Waals surface area contributed by atoms with E-state index < -0.39 is 12.0 Å². The predicted octanol–water partition coefficient (Wildman–Crippen LogP) is 3.05. The molecule has 0 spiro atoms. The van der Waals surface area contributed by atoms with Crippen LogP contribution < -0.4 is 5.32 Å². The first-order valence-electron chi connectivity index (χ1n) is 8.86. The zero-order chi connectivity index (χ0) is 19.9. The fraction of sp³-hybridized carbons (Fsp3) is 0.450. The van der Waals surface area contributed by atoms with E-state index in [-0.39, 0.29) is 31.0 Å². The van der Waals surface area contributed by atoms with Crippen molar-refractivity contribution in [2.24, 2.45) is 0 Å². The molecule has 1 heterocycles. The van der Waals surface area contributed by atoms with Crippen LogP contribution in [0, 0.1) is 0 Å². The molecular formula is C20H26N2O4S. The SMILES string of the molecule is CC(C)(C)OCCC(NC(=O)Cc1csc(Cc2ccccc2)n1)C(=O)O. The largest absolute Gasteiger partial charge is 0.480 e. The molecule has 1 aromatic heterocycles. The average molecular weight is 391 g/mol. The summed E-state index contributed by atoms with van der Waals surface area (Å²) in [5.74, 6) is -1.42. The number of carboxylic acids is 1. The Morgan fingerprint density at radius 1 is 1.26 bits per heavy atom. The quantitative estimate of drug-likeness (QED) is 0.687. The molecule has 0 aliphatic carbocycles. The highest BCUT2D eigenvalue weighted by Crippen LogP contribution is 2.15. The Kier molecular flexibility index (Phi) is 7.50. The highest BCUT2D eigenvalue weighted by molar-refractivity contribution is 7.09. The molecule has 27 heavy (non-hydrogen) atoms. The summed E-state index contributed by atoms with van der Waals surface area (Å²) in [6.07, 6.45) is 0.999. The Hall–Kier alpha value is -2.25. The second kappa shape index (κ2) is 9.62. The van der Waals surface area contributed by atoms with Crippen molar-refractivity contribution in [1.82, 2.24) is 10.3 Å². The number of nitrogens with zero attached hydrogens (tertiary/aromatic N) is 1. The molecule has 1 unspecified atom stereocenters. The number of carboxylic acid groups (broad SMARTS) is 1. The van der Waals surface area contributed by atoms with E-state index in [4.69, 9.17) is 4.74 Å². The smallest absolute Gasteiger partial charge is 0.326 e. The van der Waals surface area contributed by atoms with Crippen LogP contribution in [0.5, 0.6) is 0 Å². The van der Waals surface area contributed by atoms with E-state index in [1.54, 1.807) is 0 Å². The van der Waals surface area contributed by atoms with Gasteiger partial charge in [0.1, 0.15) is 6.04 Å². The van der Waals surface area contributed by atoms with Gasteiger partial charge >= 0.3 is 5.97 Å². The summed E-state index contributed by atoms with van der Waals surface area (Å²) in [4.78, 5) is 28.0. The first-order valence-corrected chi connectivity index (χ1v) is 9.74. The molecule has 2 rings (SSSR count). The van der Waals surface area contributed by atoms with Crippen molar-refractivity contribution >= 4 is 23.2 Å². The van der Waals surface area contributed by atoms with Gasteiger partial charge in [-0.3, -0.25) is 4.79 Å². The number of nitrogens with one attached hydrogen (secondary N) is 1. The van der Waals surface area contributed by atoms with Crippen LogP contribution in [0.4, 0.5) is 0 Å². The number of carbonyl (C=O) groups excluding carboxylic acids is 1. The van der Waals surface area contributed by atoms with E-state index in [9.17, 15) is 14.7 Å². The summed E-state index contributed by atoms with van der Waals surface area (Å²) in [6.45, 7) is 5.96. The minimum Gasteiger partial charge on any atom is -0.480 e. The number of ether oxygens (including phenoxy) is 1. The summed E-state index contributed by atoms with van der Waals surface area (Å²) in [7, 11) is 0. The van der Waals surface area contributed by atoms with Gasteiger partial charge in [-0.1, -0.05) is 30.3 Å². The second-order valence-electron chi connectivity index (χ2n) is 7.28. The number of amides is 1. The molecule has 146 valence electrons. The van der Waals surface area contributed by atoms with Crippen LogP contribution in [0.2, 0.25) is 0 Å². The molecule has 2 aromatic rings. The number of aliphatic carboxylic acids is 1. The highest BCUT2D eigenvalue weighted by atomic mass is 32.1. The standard InChI is InChI=1S/C20H26N2O4S/c1-20(2,3)26-10-9-16(19(24)25)22-17(23)12-15-13-27-18(21-15)11-14-7-5-4-6-8-14/h4-8,13,16H,9-12H2,1-3H3,(H,22,23)(H,24,25). The number of aromatic nitrogens is 1. The van der Waals surface area contributed by atoms with E-state index >= 15 is 0 Å². The van der Waals surface area contributed by atoms with E-state index in [0.29, 0.717) is 5.69 Å². The van der Waals surface area contributed by atoms with Gasteiger partial charge in [0.25, 0.3) is 0 Å². The number of hydrogen-bond donors (Lipinski definition) is 2. The third kappa shape index (κ3) is 7.88. The van der Waals surface area contributed by atoms with Gasteiger partial charge in [-0.2, -0.15) is 0 Å². The fourth-order valence-corrected chi connectivity index (χ4v) is 3.26. The number of rotatable bonds is 9. The van der Waals surface area contributed by atoms with Crippen molar-refractivity contribution < 1.29 is 19.4 Å². The summed E-state index contributed by atoms with van der Waals surface area (Å²) in [6, 6.07) is 9.02. The van der Waals surface area contributed by atoms with E-state index in [2.05, 4.69) is 10.3 Å². The van der Waals surface area contributed by atoms with Crippen molar-refractivity contribution in [2.45, 2.75) is 51.7 Å². The van der Waals surface area contributed by atoms with Gasteiger partial charge in [-0.15, -0.1) is 11.3 Å². The minimum absolute atomic E-state index is 0.0647. The molecule has 1 atom stereocenters. The summed E-state index contributed by atoms with van der Waals surface area (Å²) >= 11 is 1.50. The number of carbonyl (C=O) groups is 2. The third-order valence-electron chi connectivity index (χ3n) is 3.71. The van der Waals surface area contributed by atoms with Crippen molar-refractivity contribution in [3.05, 3.63) is 52.0 Å². The molecule has 0 saturated carbocycles. The maximum Gasteiger partial charge on any atom is 0.326 e. The Balaban J connectivity index is 1.85. The van der Waals surface area contributed by atoms with E-state index in [1.807, 2.05) is 56.5 Å². The van der Waals surface area contributed by atoms with Gasteiger partial charge in [0.05, 0.1) is 22.7 Å². The maximum atomic E-state index is 12.2. The third-order valence-corrected chi connectivity index (χ3v) is 4.61. The van der Waals surface area contributed by atoms with Crippen LogP contribution in [-0.2, 0) is 27.2 Å². The Morgan fingerprint density at radius 2 is 1.96 bits per heavy atom. The molecule has 0 aliphatic heterocycles. The van der Waals surface area contributed by atoms with Gasteiger partial charge in [-0.05, 0) is 26.3 Å². The van der Waals surface area contributed by atoms with Crippen LogP contribution in [0.25, 0.3) is 0 Å². The molecule has 1 amide bonds. The Bertz CT molecular complexity index is 753. The fourth-order valence-electron chi connectivity index (χ4n) is 2.43. The van der Waals surface area contributed by atoms with Crippen LogP contribution in [-0.4, -0.2) is 40.2 Å². The molecule has 1 aromatic carbocycles. The van der Waals surface area contributed by atoms with Crippen LogP contribution in [0.1, 0.15) is 43.5 Å². The monoisotopic (exact) mass is 390 g/mol. The number of benzene rings is 1. The van der Waals surface area contributed by atoms with Crippen LogP contribution >= 0.6 is 11.3 Å². The lowest BCUT2D eigenvalue weighted by atomic mass is 10.1. The predicted molar refractivity (Wildman–Crippen MR) is 105 cm³/mol. The van der Waals surface area contributed by atoms with Gasteiger partial charge in [-0.25, -0.2) is 9.78 Å². The zero-order valence-corrected chi connectivity index (χ0v) is 16.7. The van der Waals surface area contributed by atoms with Gasteiger partial charge in [0.2, 0.25) is 5.91 Å². The topological polar surface area (TPSA) is 88.5 Å². The van der Waals surface area contributed by atoms with E-state index in [0.717, 1.165) is 17.0 Å². The molecule has 0 bridgehead atoms. The highest BCUT2D eigenvalue weighted by Gasteiger charge is 2.21. The minimum atomic E-state index is -1.07. The summed E-state index contributed by atoms with van der Waals surface area (Å²) < 4.78 is 5.54. The summed E-state index contributed by atoms with van der Waals surface area (Å²) in [5.41, 5.74) is 1.47. The van der Waals surface area contributed by atoms with Crippen molar-refractivity contribution in [2.75, 3.05) is 6.61 Å². The van der Waals surface area contributed by atoms with Crippen LogP contribution in [0.15, 0.2) is 35.7 Å². The van der Waals surface area contributed by atoms with Crippen molar-refractivity contribution in [3.63, 3.8) is 0 Å². The zero-order valence-electron chi connectivity index (χ0n) is 15.9. The Morgan fingerprint density at radius 3 is 2.59 bits per heavy atom. The lowest BCUT2D eigenvalue weighted by Gasteiger charge is -2.21. The average Bonchev–Trinajstić information content (AvgIpc) is 3.00. The first kappa shape index (κ1) is 21.1. The molecule has 2 N–H and O–H groups in total. The van der Waals surface area contributed by atoms with Crippen molar-refractivity contribution in [1.29, 1.82) is 0 Å². The molecule has 0 fully saturated rings. The van der Waals surface area contributed by atoms with Gasteiger partial charge in [0.15, 0.2) is 0 Å². The number of thiazole rings is 1. The first-order chi connectivity index (χ1) is 12.7. The van der Waals surface area contributed by atoms with Crippen molar-refractivity contribution in [3.8, 4) is 0 Å². The lowest BCUT2D eigenvalue weighted by Crippen LogP contribution is -2.42. The molecular weight excluding hydrogens is 364 g/mol. The maximum absolute atomic E-state index is 12.2.